The van der Waals surface area contributed by atoms with E-state index in [9.17, 15) is 0 Å². The first kappa shape index (κ1) is 36.1. The lowest BCUT2D eigenvalue weighted by Crippen LogP contribution is -2.28. The van der Waals surface area contributed by atoms with Crippen LogP contribution in [0.2, 0.25) is 0 Å². The zero-order valence-electron chi connectivity index (χ0n) is 18.1. The van der Waals surface area contributed by atoms with Gasteiger partial charge in [0.25, 0.3) is 0 Å². The molecule has 4 heteroatoms. The fourth-order valence-corrected chi connectivity index (χ4v) is 1.60. The first-order valence-corrected chi connectivity index (χ1v) is 8.69. The third-order valence-electron chi connectivity index (χ3n) is 3.73. The summed E-state index contributed by atoms with van der Waals surface area (Å²) in [6, 6.07) is 4.00. The van der Waals surface area contributed by atoms with E-state index in [4.69, 9.17) is 9.47 Å². The molecule has 1 rings (SSSR count). The molecule has 0 aliphatic rings. The number of aromatic nitrogens is 1. The van der Waals surface area contributed by atoms with Crippen LogP contribution in [-0.2, 0) is 21.3 Å². The number of ether oxygens (including phenoxy) is 3. The smallest absolute Gasteiger partial charge is 0.0671 e. The maximum Gasteiger partial charge on any atom is 0.0671 e. The number of rotatable bonds is 4. The third kappa shape index (κ3) is 25.4. The summed E-state index contributed by atoms with van der Waals surface area (Å²) in [5, 5.41) is 0. The van der Waals surface area contributed by atoms with Crippen molar-refractivity contribution in [2.24, 2.45) is 7.05 Å². The Morgan fingerprint density at radius 1 is 0.731 bits per heavy atom. The van der Waals surface area contributed by atoms with Gasteiger partial charge in [0.05, 0.1) is 11.2 Å². The molecule has 0 aliphatic carbocycles. The molecule has 0 aromatic carbocycles. The highest BCUT2D eigenvalue weighted by atomic mass is 16.5. The van der Waals surface area contributed by atoms with Crippen molar-refractivity contribution in [2.75, 3.05) is 28.4 Å². The van der Waals surface area contributed by atoms with Gasteiger partial charge in [-0.3, -0.25) is 0 Å². The lowest BCUT2D eigenvalue weighted by atomic mass is 9.94. The Balaban J connectivity index is -0.0000000775. The van der Waals surface area contributed by atoms with Gasteiger partial charge >= 0.3 is 0 Å². The Labute approximate surface area is 166 Å². The average molecular weight is 378 g/mol. The van der Waals surface area contributed by atoms with Crippen LogP contribution in [0.15, 0.2) is 24.5 Å². The van der Waals surface area contributed by atoms with Gasteiger partial charge in [0.2, 0.25) is 0 Å². The molecule has 1 aromatic rings. The van der Waals surface area contributed by atoms with Gasteiger partial charge in [-0.05, 0) is 52.2 Å². The van der Waals surface area contributed by atoms with Crippen molar-refractivity contribution < 1.29 is 14.2 Å². The minimum absolute atomic E-state index is 0. The largest absolute Gasteiger partial charge is 0.388 e. The van der Waals surface area contributed by atoms with Crippen molar-refractivity contribution in [3.8, 4) is 0 Å². The second-order valence-corrected chi connectivity index (χ2v) is 6.52. The monoisotopic (exact) mass is 377 g/mol. The Kier molecular flexibility index (Phi) is 30.9. The van der Waals surface area contributed by atoms with E-state index in [1.807, 2.05) is 56.9 Å². The fraction of sp³-hybridized carbons (Fsp3) is 0.818. The molecule has 0 bridgehead atoms. The van der Waals surface area contributed by atoms with Crippen LogP contribution in [0.25, 0.3) is 0 Å². The molecule has 4 nitrogen and oxygen atoms in total. The quantitative estimate of drug-likeness (QED) is 0.593. The first-order valence-electron chi connectivity index (χ1n) is 8.69. The molecule has 0 N–H and O–H groups in total. The summed E-state index contributed by atoms with van der Waals surface area (Å²) in [6.45, 7) is 12.6. The molecule has 0 saturated heterocycles. The summed E-state index contributed by atoms with van der Waals surface area (Å²) in [4.78, 5) is 0. The molecule has 0 atom stereocenters. The molecule has 26 heavy (non-hydrogen) atoms. The predicted octanol–water partition coefficient (Wildman–Crippen LogP) is 6.59. The van der Waals surface area contributed by atoms with Crippen molar-refractivity contribution in [1.82, 2.24) is 4.57 Å². The Hall–Kier alpha value is -0.840. The highest BCUT2D eigenvalue weighted by Gasteiger charge is 2.21. The molecule has 0 fully saturated rings. The van der Waals surface area contributed by atoms with Gasteiger partial charge < -0.3 is 18.8 Å². The fourth-order valence-electron chi connectivity index (χ4n) is 1.60. The Bertz CT molecular complexity index is 308. The van der Waals surface area contributed by atoms with E-state index in [0.717, 1.165) is 19.3 Å². The van der Waals surface area contributed by atoms with Crippen LogP contribution in [0.3, 0.4) is 0 Å². The number of hydrogen-bond donors (Lipinski definition) is 0. The van der Waals surface area contributed by atoms with Crippen LogP contribution in [0.4, 0.5) is 0 Å². The lowest BCUT2D eigenvalue weighted by molar-refractivity contribution is -0.0197. The van der Waals surface area contributed by atoms with Gasteiger partial charge in [-0.2, -0.15) is 0 Å². The first-order chi connectivity index (χ1) is 11.1. The van der Waals surface area contributed by atoms with Crippen LogP contribution in [0, 0.1) is 0 Å². The topological polar surface area (TPSA) is 32.6 Å². The van der Waals surface area contributed by atoms with E-state index in [2.05, 4.69) is 25.5 Å². The van der Waals surface area contributed by atoms with Gasteiger partial charge in [-0.1, -0.05) is 35.6 Å². The van der Waals surface area contributed by atoms with E-state index in [-0.39, 0.29) is 26.1 Å². The van der Waals surface area contributed by atoms with Gasteiger partial charge in [-0.25, -0.2) is 0 Å². The number of aryl methyl sites for hydroxylation is 1. The molecule has 1 aromatic heterocycles. The maximum atomic E-state index is 5.39. The van der Waals surface area contributed by atoms with Crippen LogP contribution in [0.1, 0.15) is 75.7 Å². The van der Waals surface area contributed by atoms with E-state index in [0.29, 0.717) is 0 Å². The predicted molar refractivity (Wildman–Crippen MR) is 119 cm³/mol. The average Bonchev–Trinajstić information content (AvgIpc) is 3.03. The number of nitrogens with zero attached hydrogens (tertiary/aromatic N) is 1. The van der Waals surface area contributed by atoms with E-state index >= 15 is 0 Å². The summed E-state index contributed by atoms with van der Waals surface area (Å²) in [7, 11) is 8.76. The Morgan fingerprint density at radius 3 is 1.04 bits per heavy atom. The highest BCUT2D eigenvalue weighted by Crippen LogP contribution is 2.22. The van der Waals surface area contributed by atoms with Crippen molar-refractivity contribution in [3.05, 3.63) is 24.5 Å². The zero-order valence-corrected chi connectivity index (χ0v) is 18.1. The highest BCUT2D eigenvalue weighted by molar-refractivity contribution is 4.88. The molecular weight excluding hydrogens is 326 g/mol. The number of methoxy groups -OCH3 is 3. The van der Waals surface area contributed by atoms with Crippen LogP contribution in [0.5, 0.6) is 0 Å². The molecular formula is C22H51NO3. The molecule has 1 heterocycles. The van der Waals surface area contributed by atoms with Crippen molar-refractivity contribution in [3.63, 3.8) is 0 Å². The molecule has 0 amide bonds. The van der Waals surface area contributed by atoms with Crippen molar-refractivity contribution >= 4 is 0 Å². The molecule has 0 spiro atoms. The summed E-state index contributed by atoms with van der Waals surface area (Å²) >= 11 is 0. The van der Waals surface area contributed by atoms with E-state index in [1.54, 1.807) is 28.4 Å². The van der Waals surface area contributed by atoms with Gasteiger partial charge in [0, 0.05) is 47.9 Å². The standard InChI is InChI=1S/C8H18O.C5H7N.C5H12O.C2H6O.2CH4/c1-5-8(6-2,7-3)9-4;1-6-4-2-3-5-6;1-5(2,3)6-4;1-3-2;;/h5-7H2,1-4H3;2-5H,1H3;1-4H3;1-2H3;2*1H4. The van der Waals surface area contributed by atoms with Gasteiger partial charge in [0.15, 0.2) is 0 Å². The van der Waals surface area contributed by atoms with Crippen LogP contribution in [-0.4, -0.2) is 44.2 Å². The van der Waals surface area contributed by atoms with E-state index < -0.39 is 0 Å². The van der Waals surface area contributed by atoms with E-state index in [1.165, 1.54) is 0 Å². The third-order valence-corrected chi connectivity index (χ3v) is 3.73. The normalized spacial score (nSPS) is 9.65. The summed E-state index contributed by atoms with van der Waals surface area (Å²) in [5.74, 6) is 0. The van der Waals surface area contributed by atoms with Crippen molar-refractivity contribution in [2.45, 2.75) is 86.9 Å². The summed E-state index contributed by atoms with van der Waals surface area (Å²) in [5.41, 5.74) is 0.208. The maximum absolute atomic E-state index is 5.39. The molecule has 0 unspecified atom stereocenters. The van der Waals surface area contributed by atoms with Gasteiger partial charge in [-0.15, -0.1) is 0 Å². The van der Waals surface area contributed by atoms with Gasteiger partial charge in [0.1, 0.15) is 0 Å². The van der Waals surface area contributed by atoms with Crippen LogP contribution >= 0.6 is 0 Å². The number of hydrogen-bond acceptors (Lipinski definition) is 3. The SMILES string of the molecule is C.C.CCC(CC)(CC)OC.COC.COC(C)(C)C.Cn1cccc1. The summed E-state index contributed by atoms with van der Waals surface area (Å²) in [6.07, 6.45) is 7.36. The second-order valence-electron chi connectivity index (χ2n) is 6.52. The second kappa shape index (κ2) is 22.2. The minimum atomic E-state index is 0. The minimum Gasteiger partial charge on any atom is -0.388 e. The molecule has 0 radical (unpaired) electrons. The zero-order chi connectivity index (χ0) is 19.6. The lowest BCUT2D eigenvalue weighted by Gasteiger charge is -2.28. The summed E-state index contributed by atoms with van der Waals surface area (Å²) < 4.78 is 16.6. The molecule has 0 aliphatic heterocycles. The van der Waals surface area contributed by atoms with Crippen LogP contribution < -0.4 is 0 Å². The molecule has 0 saturated carbocycles. The van der Waals surface area contributed by atoms with Crippen molar-refractivity contribution in [1.29, 1.82) is 0 Å². The molecule has 162 valence electrons. The Morgan fingerprint density at radius 2 is 1.00 bits per heavy atom.